The highest BCUT2D eigenvalue weighted by molar-refractivity contribution is 7.80. The molecule has 110 valence electrons. The van der Waals surface area contributed by atoms with E-state index in [0.717, 1.165) is 11.1 Å². The van der Waals surface area contributed by atoms with Gasteiger partial charge in [0.25, 0.3) is 0 Å². The first-order valence-corrected chi connectivity index (χ1v) is 7.51. The van der Waals surface area contributed by atoms with Crippen LogP contribution in [0.5, 0.6) is 0 Å². The summed E-state index contributed by atoms with van der Waals surface area (Å²) in [6.07, 6.45) is -0.134. The zero-order valence-corrected chi connectivity index (χ0v) is 13.2. The van der Waals surface area contributed by atoms with Crippen molar-refractivity contribution in [2.75, 3.05) is 13.2 Å². The molecule has 0 N–H and O–H groups in total. The summed E-state index contributed by atoms with van der Waals surface area (Å²) >= 11 is 5.16. The maximum absolute atomic E-state index is 6.04. The highest BCUT2D eigenvalue weighted by Gasteiger charge is 2.17. The molecule has 0 saturated heterocycles. The molecule has 0 radical (unpaired) electrons. The van der Waals surface area contributed by atoms with Crippen LogP contribution in [-0.4, -0.2) is 18.3 Å². The molecule has 0 aliphatic carbocycles. The average molecular weight is 300 g/mol. The summed E-state index contributed by atoms with van der Waals surface area (Å²) < 4.78 is 11.3. The van der Waals surface area contributed by atoms with Crippen LogP contribution >= 0.6 is 12.2 Å². The monoisotopic (exact) mass is 300 g/mol. The first-order chi connectivity index (χ1) is 10.2. The molecule has 0 fully saturated rings. The van der Waals surface area contributed by atoms with E-state index in [1.54, 1.807) is 0 Å². The van der Waals surface area contributed by atoms with Gasteiger partial charge in [-0.05, 0) is 42.8 Å². The second-order valence-corrected chi connectivity index (χ2v) is 5.22. The number of hydrogen-bond acceptors (Lipinski definition) is 3. The highest BCUT2D eigenvalue weighted by atomic mass is 32.1. The Morgan fingerprint density at radius 3 is 2.38 bits per heavy atom. The van der Waals surface area contributed by atoms with Gasteiger partial charge in [-0.25, -0.2) is 0 Å². The van der Waals surface area contributed by atoms with Gasteiger partial charge in [0, 0.05) is 0 Å². The van der Waals surface area contributed by atoms with Crippen molar-refractivity contribution in [2.45, 2.75) is 20.0 Å². The van der Waals surface area contributed by atoms with Crippen LogP contribution in [0, 0.1) is 6.92 Å². The molecule has 0 saturated carbocycles. The van der Waals surface area contributed by atoms with E-state index in [2.05, 4.69) is 31.2 Å². The molecule has 0 aromatic heterocycles. The molecule has 0 heterocycles. The Hall–Kier alpha value is -1.71. The number of benzene rings is 2. The van der Waals surface area contributed by atoms with Gasteiger partial charge in [-0.3, -0.25) is 0 Å². The Morgan fingerprint density at radius 2 is 1.71 bits per heavy atom. The third-order valence-corrected chi connectivity index (χ3v) is 3.48. The van der Waals surface area contributed by atoms with Crippen LogP contribution in [0.2, 0.25) is 0 Å². The van der Waals surface area contributed by atoms with E-state index in [-0.39, 0.29) is 6.10 Å². The van der Waals surface area contributed by atoms with Gasteiger partial charge < -0.3 is 9.47 Å². The first kappa shape index (κ1) is 15.7. The van der Waals surface area contributed by atoms with Gasteiger partial charge in [-0.1, -0.05) is 54.6 Å². The molecule has 1 unspecified atom stereocenters. The van der Waals surface area contributed by atoms with Crippen LogP contribution in [-0.2, 0) is 9.47 Å². The minimum absolute atomic E-state index is 0.134. The van der Waals surface area contributed by atoms with E-state index in [4.69, 9.17) is 21.7 Å². The van der Waals surface area contributed by atoms with E-state index in [9.17, 15) is 0 Å². The third-order valence-electron chi connectivity index (χ3n) is 3.25. The van der Waals surface area contributed by atoms with E-state index in [1.165, 1.54) is 5.56 Å². The van der Waals surface area contributed by atoms with Crippen LogP contribution in [0.15, 0.2) is 54.6 Å². The van der Waals surface area contributed by atoms with Crippen LogP contribution in [0.3, 0.4) is 0 Å². The van der Waals surface area contributed by atoms with Gasteiger partial charge in [-0.15, -0.1) is 0 Å². The van der Waals surface area contributed by atoms with Crippen molar-refractivity contribution in [3.05, 3.63) is 71.3 Å². The van der Waals surface area contributed by atoms with Gasteiger partial charge >= 0.3 is 0 Å². The summed E-state index contributed by atoms with van der Waals surface area (Å²) in [5, 5.41) is 0.493. The number of ether oxygens (including phenoxy) is 2. The molecule has 2 rings (SSSR count). The Balaban J connectivity index is 2.23. The standard InChI is InChI=1S/C18H20O2S/c1-3-19-17(21)13-20-18(15-10-5-4-6-11-15)16-12-8-7-9-14(16)2/h4-12,18H,3,13H2,1-2H3. The summed E-state index contributed by atoms with van der Waals surface area (Å²) in [7, 11) is 0. The lowest BCUT2D eigenvalue weighted by molar-refractivity contribution is 0.100. The fraction of sp³-hybridized carbons (Fsp3) is 0.278. The normalized spacial score (nSPS) is 11.9. The minimum atomic E-state index is -0.134. The van der Waals surface area contributed by atoms with Crippen molar-refractivity contribution in [3.8, 4) is 0 Å². The smallest absolute Gasteiger partial charge is 0.185 e. The summed E-state index contributed by atoms with van der Waals surface area (Å²) in [5.41, 5.74) is 3.47. The van der Waals surface area contributed by atoms with Gasteiger partial charge in [0.05, 0.1) is 6.61 Å². The maximum Gasteiger partial charge on any atom is 0.185 e. The van der Waals surface area contributed by atoms with Gasteiger partial charge in [0.2, 0.25) is 0 Å². The average Bonchev–Trinajstić information content (AvgIpc) is 2.50. The minimum Gasteiger partial charge on any atom is -0.485 e. The molecule has 21 heavy (non-hydrogen) atoms. The molecule has 3 heteroatoms. The number of thiocarbonyl (C=S) groups is 1. The Bertz CT molecular complexity index is 581. The molecule has 2 nitrogen and oxygen atoms in total. The second-order valence-electron chi connectivity index (χ2n) is 4.76. The fourth-order valence-corrected chi connectivity index (χ4v) is 2.41. The summed E-state index contributed by atoms with van der Waals surface area (Å²) in [6, 6.07) is 18.4. The van der Waals surface area contributed by atoms with Crippen molar-refractivity contribution in [1.29, 1.82) is 0 Å². The van der Waals surface area contributed by atoms with Crippen molar-refractivity contribution in [3.63, 3.8) is 0 Å². The SMILES string of the molecule is CCOC(=S)COC(c1ccccc1)c1ccccc1C. The van der Waals surface area contributed by atoms with Gasteiger partial charge in [0.15, 0.2) is 5.05 Å². The van der Waals surface area contributed by atoms with Gasteiger partial charge in [-0.2, -0.15) is 0 Å². The molecular formula is C18H20O2S. The van der Waals surface area contributed by atoms with Crippen molar-refractivity contribution in [2.24, 2.45) is 0 Å². The number of aryl methyl sites for hydroxylation is 1. The van der Waals surface area contributed by atoms with Crippen molar-refractivity contribution >= 4 is 17.3 Å². The molecule has 2 aromatic rings. The molecular weight excluding hydrogens is 280 g/mol. The van der Waals surface area contributed by atoms with Crippen molar-refractivity contribution in [1.82, 2.24) is 0 Å². The quantitative estimate of drug-likeness (QED) is 0.734. The Kier molecular flexibility index (Phi) is 5.90. The van der Waals surface area contributed by atoms with Crippen molar-refractivity contribution < 1.29 is 9.47 Å². The lowest BCUT2D eigenvalue weighted by Crippen LogP contribution is -2.15. The van der Waals surface area contributed by atoms with E-state index < -0.39 is 0 Å². The molecule has 0 aliphatic rings. The summed E-state index contributed by atoms with van der Waals surface area (Å²) in [4.78, 5) is 0. The molecule has 1 atom stereocenters. The molecule has 0 amide bonds. The summed E-state index contributed by atoms with van der Waals surface area (Å²) in [6.45, 7) is 4.90. The zero-order chi connectivity index (χ0) is 15.1. The van der Waals surface area contributed by atoms with E-state index >= 15 is 0 Å². The molecule has 0 spiro atoms. The predicted octanol–water partition coefficient (Wildman–Crippen LogP) is 4.46. The van der Waals surface area contributed by atoms with E-state index in [0.29, 0.717) is 18.3 Å². The first-order valence-electron chi connectivity index (χ1n) is 7.10. The molecule has 2 aromatic carbocycles. The van der Waals surface area contributed by atoms with Crippen LogP contribution in [0.1, 0.15) is 29.7 Å². The Labute approximate surface area is 131 Å². The van der Waals surface area contributed by atoms with Crippen LogP contribution in [0.4, 0.5) is 0 Å². The zero-order valence-electron chi connectivity index (χ0n) is 12.4. The largest absolute Gasteiger partial charge is 0.485 e. The molecule has 0 bridgehead atoms. The van der Waals surface area contributed by atoms with Crippen LogP contribution in [0.25, 0.3) is 0 Å². The number of hydrogen-bond donors (Lipinski definition) is 0. The summed E-state index contributed by atoms with van der Waals surface area (Å²) in [5.74, 6) is 0. The van der Waals surface area contributed by atoms with E-state index in [1.807, 2.05) is 37.3 Å². The lowest BCUT2D eigenvalue weighted by atomic mass is 9.97. The van der Waals surface area contributed by atoms with Gasteiger partial charge in [0.1, 0.15) is 12.7 Å². The maximum atomic E-state index is 6.04. The second kappa shape index (κ2) is 7.91. The highest BCUT2D eigenvalue weighted by Crippen LogP contribution is 2.28. The fourth-order valence-electron chi connectivity index (χ4n) is 2.23. The van der Waals surface area contributed by atoms with Crippen LogP contribution < -0.4 is 0 Å². The third kappa shape index (κ3) is 4.38. The lowest BCUT2D eigenvalue weighted by Gasteiger charge is -2.21. The number of rotatable bonds is 6. The Morgan fingerprint density at radius 1 is 1.05 bits per heavy atom. The topological polar surface area (TPSA) is 18.5 Å². The predicted molar refractivity (Wildman–Crippen MR) is 89.6 cm³/mol. The molecule has 0 aliphatic heterocycles.